The average molecular weight is 326 g/mol. The van der Waals surface area contributed by atoms with Crippen LogP contribution >= 0.6 is 0 Å². The minimum atomic E-state index is -0.355. The molecular formula is C20H39NO2. The third kappa shape index (κ3) is 6.03. The first-order valence-electron chi connectivity index (χ1n) is 9.97. The van der Waals surface area contributed by atoms with Crippen molar-refractivity contribution in [1.82, 2.24) is 4.90 Å². The van der Waals surface area contributed by atoms with Gasteiger partial charge in [-0.25, -0.2) is 0 Å². The Labute approximate surface area is 143 Å². The van der Waals surface area contributed by atoms with E-state index in [9.17, 15) is 5.11 Å². The summed E-state index contributed by atoms with van der Waals surface area (Å²) >= 11 is 0. The van der Waals surface area contributed by atoms with Crippen LogP contribution in [0.15, 0.2) is 0 Å². The van der Waals surface area contributed by atoms with E-state index in [1.807, 2.05) is 0 Å². The lowest BCUT2D eigenvalue weighted by molar-refractivity contribution is -0.0749. The summed E-state index contributed by atoms with van der Waals surface area (Å²) < 4.78 is 6.20. The molecule has 2 saturated carbocycles. The van der Waals surface area contributed by atoms with Crippen molar-refractivity contribution in [2.24, 2.45) is 17.8 Å². The van der Waals surface area contributed by atoms with Crippen LogP contribution in [-0.2, 0) is 4.74 Å². The topological polar surface area (TPSA) is 32.7 Å². The zero-order valence-corrected chi connectivity index (χ0v) is 15.8. The first-order chi connectivity index (χ1) is 11.0. The van der Waals surface area contributed by atoms with Gasteiger partial charge in [-0.15, -0.1) is 0 Å². The van der Waals surface area contributed by atoms with E-state index in [2.05, 4.69) is 32.7 Å². The Morgan fingerprint density at radius 3 is 2.43 bits per heavy atom. The molecule has 0 bridgehead atoms. The van der Waals surface area contributed by atoms with Crippen LogP contribution in [-0.4, -0.2) is 48.5 Å². The lowest BCUT2D eigenvalue weighted by atomic mass is 9.75. The summed E-state index contributed by atoms with van der Waals surface area (Å²) in [6, 6.07) is 0.663. The van der Waals surface area contributed by atoms with Gasteiger partial charge in [0, 0.05) is 12.6 Å². The van der Waals surface area contributed by atoms with Crippen molar-refractivity contribution in [1.29, 1.82) is 0 Å². The van der Waals surface area contributed by atoms with E-state index in [1.165, 1.54) is 44.9 Å². The second-order valence-corrected chi connectivity index (χ2v) is 8.58. The third-order valence-electron chi connectivity index (χ3n) is 6.16. The maximum absolute atomic E-state index is 10.4. The summed E-state index contributed by atoms with van der Waals surface area (Å²) in [5.74, 6) is 2.10. The number of hydrogen-bond donors (Lipinski definition) is 1. The van der Waals surface area contributed by atoms with Gasteiger partial charge in [-0.2, -0.15) is 0 Å². The summed E-state index contributed by atoms with van der Waals surface area (Å²) in [6.07, 6.45) is 10.4. The van der Waals surface area contributed by atoms with E-state index in [1.54, 1.807) is 0 Å². The van der Waals surface area contributed by atoms with Gasteiger partial charge in [0.2, 0.25) is 0 Å². The monoisotopic (exact) mass is 325 g/mol. The largest absolute Gasteiger partial charge is 0.389 e. The van der Waals surface area contributed by atoms with E-state index in [4.69, 9.17) is 4.74 Å². The minimum absolute atomic E-state index is 0.341. The highest BCUT2D eigenvalue weighted by Crippen LogP contribution is 2.35. The number of rotatable bonds is 7. The predicted molar refractivity (Wildman–Crippen MR) is 96.6 cm³/mol. The van der Waals surface area contributed by atoms with Gasteiger partial charge in [-0.05, 0) is 50.5 Å². The van der Waals surface area contributed by atoms with Gasteiger partial charge in [0.1, 0.15) is 0 Å². The molecule has 0 saturated heterocycles. The number of ether oxygens (including phenoxy) is 1. The van der Waals surface area contributed by atoms with E-state index in [0.29, 0.717) is 30.6 Å². The molecule has 136 valence electrons. The molecule has 0 aromatic carbocycles. The average Bonchev–Trinajstić information content (AvgIpc) is 2.53. The van der Waals surface area contributed by atoms with Gasteiger partial charge in [-0.1, -0.05) is 46.5 Å². The second kappa shape index (κ2) is 9.39. The fourth-order valence-corrected chi connectivity index (χ4v) is 4.60. The Morgan fingerprint density at radius 1 is 1.09 bits per heavy atom. The summed E-state index contributed by atoms with van der Waals surface area (Å²) in [5.41, 5.74) is 0. The fourth-order valence-electron chi connectivity index (χ4n) is 4.60. The van der Waals surface area contributed by atoms with Gasteiger partial charge >= 0.3 is 0 Å². The van der Waals surface area contributed by atoms with Crippen LogP contribution in [0.4, 0.5) is 0 Å². The lowest BCUT2D eigenvalue weighted by Crippen LogP contribution is -2.42. The van der Waals surface area contributed by atoms with Crippen molar-refractivity contribution in [3.8, 4) is 0 Å². The van der Waals surface area contributed by atoms with E-state index in [0.717, 1.165) is 18.9 Å². The quantitative estimate of drug-likeness (QED) is 0.765. The van der Waals surface area contributed by atoms with Gasteiger partial charge in [0.25, 0.3) is 0 Å². The zero-order chi connectivity index (χ0) is 16.8. The summed E-state index contributed by atoms with van der Waals surface area (Å²) in [6.45, 7) is 8.20. The molecule has 1 N–H and O–H groups in total. The standard InChI is InChI=1S/C20H39NO2/c1-15(2)19-11-10-16(3)12-20(19)23-14-18(22)13-21(4)17-8-6-5-7-9-17/h15-20,22H,5-14H2,1-4H3. The van der Waals surface area contributed by atoms with Crippen LogP contribution in [0.25, 0.3) is 0 Å². The molecule has 0 heterocycles. The highest BCUT2D eigenvalue weighted by molar-refractivity contribution is 4.82. The number of hydrogen-bond acceptors (Lipinski definition) is 3. The smallest absolute Gasteiger partial charge is 0.0900 e. The summed E-state index contributed by atoms with van der Waals surface area (Å²) in [7, 11) is 2.17. The van der Waals surface area contributed by atoms with Crippen molar-refractivity contribution >= 4 is 0 Å². The molecule has 4 atom stereocenters. The van der Waals surface area contributed by atoms with Crippen molar-refractivity contribution in [3.05, 3.63) is 0 Å². The van der Waals surface area contributed by atoms with Gasteiger partial charge < -0.3 is 14.7 Å². The molecule has 0 spiro atoms. The first kappa shape index (κ1) is 19.2. The van der Waals surface area contributed by atoms with Crippen LogP contribution in [0.1, 0.15) is 72.1 Å². The molecule has 3 nitrogen and oxygen atoms in total. The number of aliphatic hydroxyl groups is 1. The summed E-state index contributed by atoms with van der Waals surface area (Å²) in [5, 5.41) is 10.4. The van der Waals surface area contributed by atoms with Crippen LogP contribution in [0, 0.1) is 17.8 Å². The van der Waals surface area contributed by atoms with Crippen LogP contribution in [0.5, 0.6) is 0 Å². The molecule has 3 heteroatoms. The molecule has 2 aliphatic rings. The predicted octanol–water partition coefficient (Wildman–Crippen LogP) is 4.09. The van der Waals surface area contributed by atoms with Gasteiger partial charge in [-0.3, -0.25) is 0 Å². The molecule has 2 rings (SSSR count). The fraction of sp³-hybridized carbons (Fsp3) is 1.00. The Morgan fingerprint density at radius 2 is 1.78 bits per heavy atom. The van der Waals surface area contributed by atoms with Crippen molar-refractivity contribution < 1.29 is 9.84 Å². The lowest BCUT2D eigenvalue weighted by Gasteiger charge is -2.38. The molecule has 0 aromatic heterocycles. The molecule has 2 fully saturated rings. The van der Waals surface area contributed by atoms with Gasteiger partial charge in [0.15, 0.2) is 0 Å². The Kier molecular flexibility index (Phi) is 7.84. The molecule has 0 aromatic rings. The first-order valence-corrected chi connectivity index (χ1v) is 9.97. The maximum Gasteiger partial charge on any atom is 0.0900 e. The molecule has 0 radical (unpaired) electrons. The number of aliphatic hydroxyl groups excluding tert-OH is 1. The SMILES string of the molecule is CC1CCC(C(C)C)C(OCC(O)CN(C)C2CCCCC2)C1. The Bertz CT molecular complexity index is 328. The Hall–Kier alpha value is -0.120. The van der Waals surface area contributed by atoms with Crippen LogP contribution in [0.3, 0.4) is 0 Å². The van der Waals surface area contributed by atoms with Crippen LogP contribution < -0.4 is 0 Å². The van der Waals surface area contributed by atoms with E-state index in [-0.39, 0.29) is 6.10 Å². The molecule has 0 aliphatic heterocycles. The molecule has 23 heavy (non-hydrogen) atoms. The molecule has 4 unspecified atom stereocenters. The van der Waals surface area contributed by atoms with E-state index < -0.39 is 0 Å². The molecule has 2 aliphatic carbocycles. The zero-order valence-electron chi connectivity index (χ0n) is 15.8. The van der Waals surface area contributed by atoms with Crippen LogP contribution in [0.2, 0.25) is 0 Å². The number of nitrogens with zero attached hydrogens (tertiary/aromatic N) is 1. The summed E-state index contributed by atoms with van der Waals surface area (Å²) in [4.78, 5) is 2.36. The molecular weight excluding hydrogens is 286 g/mol. The number of likely N-dealkylation sites (N-methyl/N-ethyl adjacent to an activating group) is 1. The highest BCUT2D eigenvalue weighted by atomic mass is 16.5. The van der Waals surface area contributed by atoms with E-state index >= 15 is 0 Å². The van der Waals surface area contributed by atoms with Crippen molar-refractivity contribution in [2.45, 2.75) is 90.4 Å². The second-order valence-electron chi connectivity index (χ2n) is 8.58. The maximum atomic E-state index is 10.4. The molecule has 0 amide bonds. The third-order valence-corrected chi connectivity index (χ3v) is 6.16. The highest BCUT2D eigenvalue weighted by Gasteiger charge is 2.32. The van der Waals surface area contributed by atoms with Crippen molar-refractivity contribution in [3.63, 3.8) is 0 Å². The Balaban J connectivity index is 1.74. The minimum Gasteiger partial charge on any atom is -0.389 e. The van der Waals surface area contributed by atoms with Gasteiger partial charge in [0.05, 0.1) is 18.8 Å². The normalized spacial score (nSPS) is 31.7. The van der Waals surface area contributed by atoms with Crippen molar-refractivity contribution in [2.75, 3.05) is 20.2 Å².